The molecule has 2 atom stereocenters. The first-order valence-corrected chi connectivity index (χ1v) is 4.53. The minimum Gasteiger partial charge on any atom is -0.390 e. The number of hydrogen-bond donors (Lipinski definition) is 1. The third kappa shape index (κ3) is 1.74. The van der Waals surface area contributed by atoms with E-state index in [2.05, 4.69) is 6.92 Å². The van der Waals surface area contributed by atoms with Crippen molar-refractivity contribution in [1.29, 1.82) is 0 Å². The van der Waals surface area contributed by atoms with Gasteiger partial charge in [-0.15, -0.1) is 0 Å². The van der Waals surface area contributed by atoms with Gasteiger partial charge in [-0.3, -0.25) is 0 Å². The zero-order valence-electron chi connectivity index (χ0n) is 7.47. The molecule has 0 bridgehead atoms. The summed E-state index contributed by atoms with van der Waals surface area (Å²) in [5, 5.41) is 9.42. The predicted octanol–water partition coefficient (Wildman–Crippen LogP) is 1.72. The van der Waals surface area contributed by atoms with Crippen molar-refractivity contribution in [2.24, 2.45) is 0 Å². The van der Waals surface area contributed by atoms with Crippen LogP contribution in [0, 0.1) is 0 Å². The normalized spacial score (nSPS) is 33.0. The standard InChI is InChI=1S/C9H18O2/c1-3-4-5-9(8(2)10)6-7-11-9/h8,10H,3-7H2,1-2H3. The second kappa shape index (κ2) is 3.55. The molecule has 1 aliphatic rings. The first-order valence-electron chi connectivity index (χ1n) is 4.53. The van der Waals surface area contributed by atoms with Gasteiger partial charge in [0.05, 0.1) is 18.3 Å². The highest BCUT2D eigenvalue weighted by Gasteiger charge is 2.41. The Morgan fingerprint density at radius 1 is 1.64 bits per heavy atom. The molecule has 1 aliphatic heterocycles. The van der Waals surface area contributed by atoms with Gasteiger partial charge in [-0.1, -0.05) is 19.8 Å². The Labute approximate surface area is 68.6 Å². The maximum absolute atomic E-state index is 9.42. The molecule has 0 radical (unpaired) electrons. The van der Waals surface area contributed by atoms with E-state index in [-0.39, 0.29) is 11.7 Å². The minimum absolute atomic E-state index is 0.171. The van der Waals surface area contributed by atoms with Crippen LogP contribution >= 0.6 is 0 Å². The number of aliphatic hydroxyl groups is 1. The first-order chi connectivity index (χ1) is 5.21. The van der Waals surface area contributed by atoms with E-state index >= 15 is 0 Å². The molecule has 0 spiro atoms. The van der Waals surface area contributed by atoms with Crippen LogP contribution in [0.25, 0.3) is 0 Å². The van der Waals surface area contributed by atoms with E-state index in [4.69, 9.17) is 4.74 Å². The Kier molecular flexibility index (Phi) is 2.90. The maximum Gasteiger partial charge on any atom is 0.0959 e. The van der Waals surface area contributed by atoms with Crippen LogP contribution in [0.1, 0.15) is 39.5 Å². The van der Waals surface area contributed by atoms with E-state index < -0.39 is 0 Å². The predicted molar refractivity (Wildman–Crippen MR) is 44.5 cm³/mol. The van der Waals surface area contributed by atoms with Crippen LogP contribution in [-0.4, -0.2) is 23.4 Å². The molecule has 2 heteroatoms. The molecule has 0 aromatic carbocycles. The number of aliphatic hydroxyl groups excluding tert-OH is 1. The molecule has 0 aliphatic carbocycles. The van der Waals surface area contributed by atoms with E-state index in [9.17, 15) is 5.11 Å². The molecule has 0 saturated carbocycles. The molecule has 1 heterocycles. The fourth-order valence-electron chi connectivity index (χ4n) is 1.58. The van der Waals surface area contributed by atoms with Crippen molar-refractivity contribution in [3.8, 4) is 0 Å². The van der Waals surface area contributed by atoms with Gasteiger partial charge >= 0.3 is 0 Å². The lowest BCUT2D eigenvalue weighted by atomic mass is 9.84. The van der Waals surface area contributed by atoms with Gasteiger partial charge < -0.3 is 9.84 Å². The van der Waals surface area contributed by atoms with E-state index in [0.717, 1.165) is 25.9 Å². The Bertz CT molecular complexity index is 117. The van der Waals surface area contributed by atoms with Gasteiger partial charge in [-0.2, -0.15) is 0 Å². The van der Waals surface area contributed by atoms with Gasteiger partial charge in [0, 0.05) is 6.42 Å². The molecule has 11 heavy (non-hydrogen) atoms. The van der Waals surface area contributed by atoms with Crippen LogP contribution in [0.2, 0.25) is 0 Å². The van der Waals surface area contributed by atoms with E-state index in [1.54, 1.807) is 0 Å². The summed E-state index contributed by atoms with van der Waals surface area (Å²) in [5.74, 6) is 0. The molecule has 1 saturated heterocycles. The minimum atomic E-state index is -0.303. The summed E-state index contributed by atoms with van der Waals surface area (Å²) in [6.07, 6.45) is 4.08. The average molecular weight is 158 g/mol. The Balaban J connectivity index is 2.34. The van der Waals surface area contributed by atoms with Gasteiger partial charge in [0.1, 0.15) is 0 Å². The molecular weight excluding hydrogens is 140 g/mol. The monoisotopic (exact) mass is 158 g/mol. The number of ether oxygens (including phenoxy) is 1. The van der Waals surface area contributed by atoms with Crippen molar-refractivity contribution in [3.63, 3.8) is 0 Å². The van der Waals surface area contributed by atoms with Crippen molar-refractivity contribution in [2.45, 2.75) is 51.2 Å². The summed E-state index contributed by atoms with van der Waals surface area (Å²) in [6, 6.07) is 0. The van der Waals surface area contributed by atoms with Crippen LogP contribution in [0.4, 0.5) is 0 Å². The smallest absolute Gasteiger partial charge is 0.0959 e. The van der Waals surface area contributed by atoms with Crippen molar-refractivity contribution in [2.75, 3.05) is 6.61 Å². The average Bonchev–Trinajstić information content (AvgIpc) is 1.85. The molecule has 1 fully saturated rings. The molecule has 0 aromatic rings. The Morgan fingerprint density at radius 2 is 2.27 bits per heavy atom. The van der Waals surface area contributed by atoms with Gasteiger partial charge in [-0.05, 0) is 13.3 Å². The molecule has 1 N–H and O–H groups in total. The second-order valence-corrected chi connectivity index (χ2v) is 3.44. The highest BCUT2D eigenvalue weighted by atomic mass is 16.5. The highest BCUT2D eigenvalue weighted by Crippen LogP contribution is 2.34. The third-order valence-electron chi connectivity index (χ3n) is 2.63. The van der Waals surface area contributed by atoms with E-state index in [1.807, 2.05) is 6.92 Å². The number of unbranched alkanes of at least 4 members (excludes halogenated alkanes) is 1. The first kappa shape index (κ1) is 9.01. The van der Waals surface area contributed by atoms with Crippen molar-refractivity contribution < 1.29 is 9.84 Å². The number of rotatable bonds is 4. The summed E-state index contributed by atoms with van der Waals surface area (Å²) in [4.78, 5) is 0. The van der Waals surface area contributed by atoms with Crippen LogP contribution < -0.4 is 0 Å². The summed E-state index contributed by atoms with van der Waals surface area (Å²) in [7, 11) is 0. The molecule has 66 valence electrons. The topological polar surface area (TPSA) is 29.5 Å². The van der Waals surface area contributed by atoms with Crippen LogP contribution in [0.15, 0.2) is 0 Å². The Morgan fingerprint density at radius 3 is 2.55 bits per heavy atom. The molecular formula is C9H18O2. The summed E-state index contributed by atoms with van der Waals surface area (Å²) in [6.45, 7) is 4.82. The molecule has 2 unspecified atom stereocenters. The SMILES string of the molecule is CCCCC1(C(C)O)CCO1. The molecule has 2 nitrogen and oxygen atoms in total. The van der Waals surface area contributed by atoms with Crippen molar-refractivity contribution >= 4 is 0 Å². The maximum atomic E-state index is 9.42. The number of hydrogen-bond acceptors (Lipinski definition) is 2. The van der Waals surface area contributed by atoms with Gasteiger partial charge in [0.15, 0.2) is 0 Å². The van der Waals surface area contributed by atoms with Gasteiger partial charge in [0.25, 0.3) is 0 Å². The van der Waals surface area contributed by atoms with Crippen molar-refractivity contribution in [1.82, 2.24) is 0 Å². The lowest BCUT2D eigenvalue weighted by Crippen LogP contribution is -2.52. The fraction of sp³-hybridized carbons (Fsp3) is 1.00. The molecule has 0 amide bonds. The quantitative estimate of drug-likeness (QED) is 0.675. The summed E-state index contributed by atoms with van der Waals surface area (Å²) in [5.41, 5.74) is -0.171. The summed E-state index contributed by atoms with van der Waals surface area (Å²) >= 11 is 0. The van der Waals surface area contributed by atoms with E-state index in [0.29, 0.717) is 0 Å². The highest BCUT2D eigenvalue weighted by molar-refractivity contribution is 4.91. The lowest BCUT2D eigenvalue weighted by molar-refractivity contribution is -0.203. The third-order valence-corrected chi connectivity index (χ3v) is 2.63. The van der Waals surface area contributed by atoms with Gasteiger partial charge in [0.2, 0.25) is 0 Å². The lowest BCUT2D eigenvalue weighted by Gasteiger charge is -2.44. The molecule has 0 aromatic heterocycles. The van der Waals surface area contributed by atoms with E-state index in [1.165, 1.54) is 6.42 Å². The fourth-order valence-corrected chi connectivity index (χ4v) is 1.58. The summed E-state index contributed by atoms with van der Waals surface area (Å²) < 4.78 is 5.43. The largest absolute Gasteiger partial charge is 0.390 e. The zero-order chi connectivity index (χ0) is 8.32. The van der Waals surface area contributed by atoms with Crippen LogP contribution in [0.5, 0.6) is 0 Å². The van der Waals surface area contributed by atoms with Gasteiger partial charge in [-0.25, -0.2) is 0 Å². The van der Waals surface area contributed by atoms with Crippen LogP contribution in [0.3, 0.4) is 0 Å². The Hall–Kier alpha value is -0.0800. The van der Waals surface area contributed by atoms with Crippen molar-refractivity contribution in [3.05, 3.63) is 0 Å². The zero-order valence-corrected chi connectivity index (χ0v) is 7.47. The molecule has 1 rings (SSSR count). The van der Waals surface area contributed by atoms with Crippen LogP contribution in [-0.2, 0) is 4.74 Å². The second-order valence-electron chi connectivity index (χ2n) is 3.44.